The zero-order valence-electron chi connectivity index (χ0n) is 12.1. The molecule has 2 nitrogen and oxygen atoms in total. The van der Waals surface area contributed by atoms with Crippen LogP contribution >= 0.6 is 0 Å². The molecule has 0 unspecified atom stereocenters. The quantitative estimate of drug-likeness (QED) is 0.818. The Kier molecular flexibility index (Phi) is 5.20. The molecule has 1 heterocycles. The molecule has 1 saturated heterocycles. The summed E-state index contributed by atoms with van der Waals surface area (Å²) in [6.45, 7) is 8.26. The van der Waals surface area contributed by atoms with Crippen LogP contribution in [-0.4, -0.2) is 19.6 Å². The predicted molar refractivity (Wildman–Crippen MR) is 79.0 cm³/mol. The van der Waals surface area contributed by atoms with Gasteiger partial charge in [-0.15, -0.1) is 0 Å². The minimum absolute atomic E-state index is 0.121. The van der Waals surface area contributed by atoms with Crippen molar-refractivity contribution in [2.75, 3.05) is 24.5 Å². The second kappa shape index (κ2) is 6.90. The number of piperidine rings is 1. The molecule has 1 aromatic rings. The number of anilines is 1. The van der Waals surface area contributed by atoms with E-state index in [2.05, 4.69) is 30.1 Å². The number of nitrogens with one attached hydrogen (secondary N) is 1. The maximum Gasteiger partial charge on any atom is 0.125 e. The minimum atomic E-state index is -0.121. The lowest BCUT2D eigenvalue weighted by molar-refractivity contribution is 0.438. The van der Waals surface area contributed by atoms with Crippen molar-refractivity contribution < 1.29 is 4.39 Å². The fraction of sp³-hybridized carbons (Fsp3) is 0.625. The third-order valence-electron chi connectivity index (χ3n) is 3.85. The van der Waals surface area contributed by atoms with Gasteiger partial charge in [0.25, 0.3) is 0 Å². The lowest BCUT2D eigenvalue weighted by Gasteiger charge is -2.32. The Hall–Kier alpha value is -1.09. The van der Waals surface area contributed by atoms with E-state index in [0.717, 1.165) is 49.8 Å². The van der Waals surface area contributed by atoms with Crippen molar-refractivity contribution >= 4 is 5.69 Å². The van der Waals surface area contributed by atoms with Crippen LogP contribution in [0.3, 0.4) is 0 Å². The van der Waals surface area contributed by atoms with Gasteiger partial charge >= 0.3 is 0 Å². The summed E-state index contributed by atoms with van der Waals surface area (Å²) in [6, 6.07) is 5.43. The Morgan fingerprint density at radius 1 is 1.26 bits per heavy atom. The van der Waals surface area contributed by atoms with Gasteiger partial charge in [0.15, 0.2) is 0 Å². The Morgan fingerprint density at radius 3 is 2.68 bits per heavy atom. The normalized spacial score (nSPS) is 16.9. The smallest absolute Gasteiger partial charge is 0.125 e. The largest absolute Gasteiger partial charge is 0.371 e. The summed E-state index contributed by atoms with van der Waals surface area (Å²) in [5.74, 6) is 0.680. The lowest BCUT2D eigenvalue weighted by Crippen LogP contribution is -2.32. The molecule has 0 saturated carbocycles. The molecule has 1 aliphatic rings. The zero-order chi connectivity index (χ0) is 13.7. The molecule has 3 heteroatoms. The number of hydrogen-bond acceptors (Lipinski definition) is 2. The van der Waals surface area contributed by atoms with E-state index >= 15 is 0 Å². The number of rotatable bonds is 5. The van der Waals surface area contributed by atoms with Gasteiger partial charge in [0.1, 0.15) is 5.82 Å². The van der Waals surface area contributed by atoms with Crippen LogP contribution < -0.4 is 10.2 Å². The lowest BCUT2D eigenvalue weighted by atomic mass is 9.98. The molecule has 1 aromatic carbocycles. The highest BCUT2D eigenvalue weighted by atomic mass is 19.1. The Morgan fingerprint density at radius 2 is 2.00 bits per heavy atom. The van der Waals surface area contributed by atoms with E-state index in [1.807, 2.05) is 0 Å². The summed E-state index contributed by atoms with van der Waals surface area (Å²) < 4.78 is 13.7. The number of hydrogen-bond donors (Lipinski definition) is 1. The van der Waals surface area contributed by atoms with Gasteiger partial charge in [-0.1, -0.05) is 13.8 Å². The zero-order valence-corrected chi connectivity index (χ0v) is 12.1. The van der Waals surface area contributed by atoms with Crippen molar-refractivity contribution in [1.82, 2.24) is 5.32 Å². The molecule has 19 heavy (non-hydrogen) atoms. The fourth-order valence-electron chi connectivity index (χ4n) is 2.59. The van der Waals surface area contributed by atoms with Gasteiger partial charge in [-0.2, -0.15) is 0 Å². The summed E-state index contributed by atoms with van der Waals surface area (Å²) in [5.41, 5.74) is 2.09. The average Bonchev–Trinajstić information content (AvgIpc) is 2.39. The van der Waals surface area contributed by atoms with E-state index in [1.54, 1.807) is 12.1 Å². The first-order chi connectivity index (χ1) is 9.19. The molecular formula is C16H25FN2. The molecule has 1 aliphatic heterocycles. The first-order valence-electron chi connectivity index (χ1n) is 7.44. The van der Waals surface area contributed by atoms with E-state index in [9.17, 15) is 4.39 Å². The van der Waals surface area contributed by atoms with Crippen LogP contribution in [0.4, 0.5) is 10.1 Å². The van der Waals surface area contributed by atoms with Crippen LogP contribution in [0.2, 0.25) is 0 Å². The van der Waals surface area contributed by atoms with E-state index in [1.165, 1.54) is 12.8 Å². The molecule has 0 aliphatic carbocycles. The van der Waals surface area contributed by atoms with Crippen LogP contribution in [0.25, 0.3) is 0 Å². The van der Waals surface area contributed by atoms with Crippen molar-refractivity contribution in [3.05, 3.63) is 29.6 Å². The third-order valence-corrected chi connectivity index (χ3v) is 3.85. The average molecular weight is 264 g/mol. The topological polar surface area (TPSA) is 15.3 Å². The molecule has 0 atom stereocenters. The monoisotopic (exact) mass is 264 g/mol. The molecule has 2 rings (SSSR count). The standard InChI is InChI=1S/C16H25FN2/c1-3-6-18-12-14-9-15(17)11-16(10-14)19-7-4-13(2)5-8-19/h9-11,13,18H,3-8,12H2,1-2H3. The summed E-state index contributed by atoms with van der Waals surface area (Å²) in [7, 11) is 0. The molecule has 106 valence electrons. The highest BCUT2D eigenvalue weighted by Gasteiger charge is 2.16. The molecule has 0 aromatic heterocycles. The van der Waals surface area contributed by atoms with Gasteiger partial charge in [-0.25, -0.2) is 4.39 Å². The van der Waals surface area contributed by atoms with Crippen LogP contribution in [-0.2, 0) is 6.54 Å². The van der Waals surface area contributed by atoms with Crippen molar-refractivity contribution in [3.8, 4) is 0 Å². The molecule has 1 N–H and O–H groups in total. The summed E-state index contributed by atoms with van der Waals surface area (Å²) in [5, 5.41) is 3.33. The van der Waals surface area contributed by atoms with Gasteiger partial charge in [0.2, 0.25) is 0 Å². The third kappa shape index (κ3) is 4.20. The summed E-state index contributed by atoms with van der Waals surface area (Å²) in [6.07, 6.45) is 3.52. The Bertz CT molecular complexity index is 398. The van der Waals surface area contributed by atoms with Crippen molar-refractivity contribution in [3.63, 3.8) is 0 Å². The summed E-state index contributed by atoms with van der Waals surface area (Å²) >= 11 is 0. The highest BCUT2D eigenvalue weighted by Crippen LogP contribution is 2.24. The van der Waals surface area contributed by atoms with Crippen LogP contribution in [0.1, 0.15) is 38.7 Å². The molecule has 0 radical (unpaired) electrons. The van der Waals surface area contributed by atoms with Gasteiger partial charge in [0.05, 0.1) is 0 Å². The predicted octanol–water partition coefficient (Wildman–Crippen LogP) is 3.56. The fourth-order valence-corrected chi connectivity index (χ4v) is 2.59. The van der Waals surface area contributed by atoms with Crippen LogP contribution in [0, 0.1) is 11.7 Å². The maximum absolute atomic E-state index is 13.7. The van der Waals surface area contributed by atoms with Gasteiger partial charge in [-0.3, -0.25) is 0 Å². The molecule has 0 amide bonds. The van der Waals surface area contributed by atoms with E-state index in [4.69, 9.17) is 0 Å². The van der Waals surface area contributed by atoms with E-state index < -0.39 is 0 Å². The van der Waals surface area contributed by atoms with Gasteiger partial charge < -0.3 is 10.2 Å². The summed E-state index contributed by atoms with van der Waals surface area (Å²) in [4.78, 5) is 2.31. The van der Waals surface area contributed by atoms with Crippen molar-refractivity contribution in [2.45, 2.75) is 39.7 Å². The first kappa shape index (κ1) is 14.3. The number of benzene rings is 1. The molecule has 1 fully saturated rings. The molecular weight excluding hydrogens is 239 g/mol. The molecule has 0 spiro atoms. The van der Waals surface area contributed by atoms with E-state index in [-0.39, 0.29) is 5.82 Å². The first-order valence-corrected chi connectivity index (χ1v) is 7.44. The molecule has 0 bridgehead atoms. The number of halogens is 1. The van der Waals surface area contributed by atoms with Crippen molar-refractivity contribution in [2.24, 2.45) is 5.92 Å². The van der Waals surface area contributed by atoms with Gasteiger partial charge in [0, 0.05) is 25.3 Å². The second-order valence-corrected chi connectivity index (χ2v) is 5.66. The SMILES string of the molecule is CCCNCc1cc(F)cc(N2CCC(C)CC2)c1. The Balaban J connectivity index is 2.03. The Labute approximate surface area is 116 Å². The minimum Gasteiger partial charge on any atom is -0.371 e. The number of nitrogens with zero attached hydrogens (tertiary/aromatic N) is 1. The maximum atomic E-state index is 13.7. The van der Waals surface area contributed by atoms with Gasteiger partial charge in [-0.05, 0) is 55.5 Å². The van der Waals surface area contributed by atoms with Crippen LogP contribution in [0.15, 0.2) is 18.2 Å². The van der Waals surface area contributed by atoms with Crippen LogP contribution in [0.5, 0.6) is 0 Å². The van der Waals surface area contributed by atoms with Crippen molar-refractivity contribution in [1.29, 1.82) is 0 Å². The van der Waals surface area contributed by atoms with E-state index in [0.29, 0.717) is 0 Å². The highest BCUT2D eigenvalue weighted by molar-refractivity contribution is 5.49. The second-order valence-electron chi connectivity index (χ2n) is 5.66.